The van der Waals surface area contributed by atoms with Gasteiger partial charge in [-0.1, -0.05) is 6.92 Å². The van der Waals surface area contributed by atoms with Crippen LogP contribution in [-0.2, 0) is 6.42 Å². The molecule has 26 heavy (non-hydrogen) atoms. The summed E-state index contributed by atoms with van der Waals surface area (Å²) in [5.41, 5.74) is 2.79. The Bertz CT molecular complexity index is 877. The lowest BCUT2D eigenvalue weighted by Crippen LogP contribution is -2.39. The topological polar surface area (TPSA) is 95.9 Å². The molecule has 0 spiro atoms. The van der Waals surface area contributed by atoms with Gasteiger partial charge in [-0.3, -0.25) is 15.1 Å². The molecule has 0 saturated carbocycles. The minimum atomic E-state index is -0.172. The predicted octanol–water partition coefficient (Wildman–Crippen LogP) is 2.46. The van der Waals surface area contributed by atoms with Crippen molar-refractivity contribution in [3.05, 3.63) is 32.9 Å². The lowest BCUT2D eigenvalue weighted by Gasteiger charge is -2.27. The summed E-state index contributed by atoms with van der Waals surface area (Å²) >= 11 is 0. The molecule has 2 aromatic rings. The van der Waals surface area contributed by atoms with E-state index < -0.39 is 0 Å². The molecular formula is C18H26N6O2. The Morgan fingerprint density at radius 2 is 1.85 bits per heavy atom. The number of hydrogen-bond donors (Lipinski definition) is 2. The summed E-state index contributed by atoms with van der Waals surface area (Å²) in [6.45, 7) is 9.02. The minimum absolute atomic E-state index is 0.141. The third-order valence-corrected chi connectivity index (χ3v) is 4.99. The zero-order valence-electron chi connectivity index (χ0n) is 15.8. The molecule has 0 radical (unpaired) electrons. The van der Waals surface area contributed by atoms with Gasteiger partial charge < -0.3 is 4.90 Å². The number of nitrogens with zero attached hydrogens (tertiary/aromatic N) is 4. The summed E-state index contributed by atoms with van der Waals surface area (Å²) in [6, 6.07) is -0.141. The molecular weight excluding hydrogens is 332 g/mol. The maximum absolute atomic E-state index is 12.6. The fourth-order valence-electron chi connectivity index (χ4n) is 3.29. The SMILES string of the molecule is CCc1c(C)nc(-n2nc(C)c(C)c2NC(=O)N2CCCCC2)[nH]c1=O. The van der Waals surface area contributed by atoms with Crippen molar-refractivity contribution in [3.8, 4) is 5.95 Å². The molecule has 8 heteroatoms. The summed E-state index contributed by atoms with van der Waals surface area (Å²) < 4.78 is 1.51. The lowest BCUT2D eigenvalue weighted by atomic mass is 10.1. The maximum atomic E-state index is 12.6. The zero-order chi connectivity index (χ0) is 18.8. The number of aryl methyl sites for hydroxylation is 2. The van der Waals surface area contributed by atoms with Crippen LogP contribution in [0.4, 0.5) is 10.6 Å². The number of urea groups is 1. The summed E-state index contributed by atoms with van der Waals surface area (Å²) in [4.78, 5) is 34.0. The van der Waals surface area contributed by atoms with E-state index in [0.717, 1.165) is 43.6 Å². The number of H-pyrrole nitrogens is 1. The Balaban J connectivity index is 1.98. The first-order valence-electron chi connectivity index (χ1n) is 9.14. The van der Waals surface area contributed by atoms with Gasteiger partial charge >= 0.3 is 6.03 Å². The van der Waals surface area contributed by atoms with Gasteiger partial charge in [0.25, 0.3) is 5.56 Å². The highest BCUT2D eigenvalue weighted by atomic mass is 16.2. The Morgan fingerprint density at radius 3 is 2.46 bits per heavy atom. The minimum Gasteiger partial charge on any atom is -0.325 e. The van der Waals surface area contributed by atoms with E-state index in [9.17, 15) is 9.59 Å². The number of amides is 2. The number of carbonyl (C=O) groups is 1. The number of piperidine rings is 1. The highest BCUT2D eigenvalue weighted by Gasteiger charge is 2.22. The molecule has 2 aromatic heterocycles. The van der Waals surface area contributed by atoms with E-state index in [0.29, 0.717) is 29.4 Å². The van der Waals surface area contributed by atoms with E-state index in [4.69, 9.17) is 0 Å². The molecule has 3 heterocycles. The summed E-state index contributed by atoms with van der Waals surface area (Å²) in [6.07, 6.45) is 3.83. The van der Waals surface area contributed by atoms with Crippen LogP contribution in [0.3, 0.4) is 0 Å². The van der Waals surface area contributed by atoms with Crippen LogP contribution in [0.5, 0.6) is 0 Å². The average Bonchev–Trinajstić information content (AvgIpc) is 2.90. The molecule has 1 aliphatic rings. The normalized spacial score (nSPS) is 14.5. The van der Waals surface area contributed by atoms with Crippen molar-refractivity contribution in [3.63, 3.8) is 0 Å². The van der Waals surface area contributed by atoms with Crippen molar-refractivity contribution < 1.29 is 4.79 Å². The number of anilines is 1. The fourth-order valence-corrected chi connectivity index (χ4v) is 3.29. The van der Waals surface area contributed by atoms with Gasteiger partial charge in [-0.2, -0.15) is 9.78 Å². The number of rotatable bonds is 3. The Morgan fingerprint density at radius 1 is 1.15 bits per heavy atom. The number of aromatic amines is 1. The van der Waals surface area contributed by atoms with Gasteiger partial charge in [0.2, 0.25) is 5.95 Å². The molecule has 0 aromatic carbocycles. The van der Waals surface area contributed by atoms with E-state index >= 15 is 0 Å². The van der Waals surface area contributed by atoms with Gasteiger partial charge in [0.1, 0.15) is 5.82 Å². The van der Waals surface area contributed by atoms with Crippen molar-refractivity contribution >= 4 is 11.8 Å². The van der Waals surface area contributed by atoms with Crippen LogP contribution < -0.4 is 10.9 Å². The van der Waals surface area contributed by atoms with Crippen LogP contribution in [-0.4, -0.2) is 43.8 Å². The standard InChI is InChI=1S/C18H26N6O2/c1-5-14-13(4)19-17(21-16(14)25)24-15(11(2)12(3)22-24)20-18(26)23-9-7-6-8-10-23/h5-10H2,1-4H3,(H,20,26)(H,19,21,25). The molecule has 1 saturated heterocycles. The highest BCUT2D eigenvalue weighted by Crippen LogP contribution is 2.22. The number of nitrogens with one attached hydrogen (secondary N) is 2. The molecule has 0 aliphatic carbocycles. The molecule has 3 rings (SSSR count). The maximum Gasteiger partial charge on any atom is 0.323 e. The van der Waals surface area contributed by atoms with Crippen molar-refractivity contribution in [1.82, 2.24) is 24.6 Å². The second-order valence-corrected chi connectivity index (χ2v) is 6.76. The van der Waals surface area contributed by atoms with Gasteiger partial charge in [-0.05, 0) is 46.5 Å². The van der Waals surface area contributed by atoms with Crippen LogP contribution >= 0.6 is 0 Å². The highest BCUT2D eigenvalue weighted by molar-refractivity contribution is 5.89. The molecule has 2 amide bonds. The molecule has 8 nitrogen and oxygen atoms in total. The molecule has 140 valence electrons. The van der Waals surface area contributed by atoms with Crippen LogP contribution in [0.25, 0.3) is 5.95 Å². The molecule has 2 N–H and O–H groups in total. The number of hydrogen-bond acceptors (Lipinski definition) is 4. The van der Waals surface area contributed by atoms with Crippen LogP contribution in [0.2, 0.25) is 0 Å². The second-order valence-electron chi connectivity index (χ2n) is 6.76. The summed E-state index contributed by atoms with van der Waals surface area (Å²) in [5.74, 6) is 0.861. The first-order valence-corrected chi connectivity index (χ1v) is 9.14. The monoisotopic (exact) mass is 358 g/mol. The van der Waals surface area contributed by atoms with E-state index in [2.05, 4.69) is 20.4 Å². The van der Waals surface area contributed by atoms with Crippen molar-refractivity contribution in [2.24, 2.45) is 0 Å². The number of aromatic nitrogens is 4. The smallest absolute Gasteiger partial charge is 0.323 e. The average molecular weight is 358 g/mol. The van der Waals surface area contributed by atoms with Gasteiger partial charge in [0.15, 0.2) is 0 Å². The Hall–Kier alpha value is -2.64. The van der Waals surface area contributed by atoms with Gasteiger partial charge in [-0.15, -0.1) is 0 Å². The number of likely N-dealkylation sites (tertiary alicyclic amines) is 1. The number of carbonyl (C=O) groups excluding carboxylic acids is 1. The summed E-state index contributed by atoms with van der Waals surface area (Å²) in [5, 5.41) is 7.43. The van der Waals surface area contributed by atoms with E-state index in [1.165, 1.54) is 4.68 Å². The summed E-state index contributed by atoms with van der Waals surface area (Å²) in [7, 11) is 0. The quantitative estimate of drug-likeness (QED) is 0.881. The first kappa shape index (κ1) is 18.2. The Labute approximate surface area is 152 Å². The van der Waals surface area contributed by atoms with E-state index in [1.807, 2.05) is 32.6 Å². The largest absolute Gasteiger partial charge is 0.325 e. The van der Waals surface area contributed by atoms with Gasteiger partial charge in [0, 0.05) is 29.9 Å². The van der Waals surface area contributed by atoms with E-state index in [1.54, 1.807) is 0 Å². The van der Waals surface area contributed by atoms with Crippen LogP contribution in [0.15, 0.2) is 4.79 Å². The Kier molecular flexibility index (Phi) is 5.11. The van der Waals surface area contributed by atoms with Crippen LogP contribution in [0.1, 0.15) is 48.7 Å². The first-order chi connectivity index (χ1) is 12.4. The molecule has 0 bridgehead atoms. The van der Waals surface area contributed by atoms with E-state index in [-0.39, 0.29) is 11.6 Å². The predicted molar refractivity (Wildman–Crippen MR) is 100 cm³/mol. The molecule has 0 unspecified atom stereocenters. The molecule has 1 aliphatic heterocycles. The van der Waals surface area contributed by atoms with Crippen molar-refractivity contribution in [1.29, 1.82) is 0 Å². The molecule has 1 fully saturated rings. The zero-order valence-corrected chi connectivity index (χ0v) is 15.8. The van der Waals surface area contributed by atoms with Gasteiger partial charge in [-0.25, -0.2) is 9.78 Å². The van der Waals surface area contributed by atoms with Gasteiger partial charge in [0.05, 0.1) is 5.69 Å². The third-order valence-electron chi connectivity index (χ3n) is 4.99. The van der Waals surface area contributed by atoms with Crippen molar-refractivity contribution in [2.75, 3.05) is 18.4 Å². The lowest BCUT2D eigenvalue weighted by molar-refractivity contribution is 0.200. The fraction of sp³-hybridized carbons (Fsp3) is 0.556. The molecule has 0 atom stereocenters. The van der Waals surface area contributed by atoms with Crippen molar-refractivity contribution in [2.45, 2.75) is 53.4 Å². The second kappa shape index (κ2) is 7.31. The third kappa shape index (κ3) is 3.36. The van der Waals surface area contributed by atoms with Crippen LogP contribution in [0, 0.1) is 20.8 Å².